The highest BCUT2D eigenvalue weighted by atomic mass is 19.4. The average Bonchev–Trinajstić information content (AvgIpc) is 2.45. The van der Waals surface area contributed by atoms with Crippen molar-refractivity contribution in [2.75, 3.05) is 7.11 Å². The number of aromatic nitrogens is 1. The minimum atomic E-state index is -4.76. The summed E-state index contributed by atoms with van der Waals surface area (Å²) in [5.74, 6) is -0.0900. The Morgan fingerprint density at radius 3 is 2.62 bits per heavy atom. The number of hydrogen-bond acceptors (Lipinski definition) is 4. The number of aliphatic hydroxyl groups is 1. The number of nitrogens with zero attached hydrogens (tertiary/aromatic N) is 1. The first-order valence-electron chi connectivity index (χ1n) is 5.93. The molecule has 0 bridgehead atoms. The van der Waals surface area contributed by atoms with E-state index >= 15 is 0 Å². The number of methoxy groups -OCH3 is 1. The predicted octanol–water partition coefficient (Wildman–Crippen LogP) is 3.15. The van der Waals surface area contributed by atoms with Crippen molar-refractivity contribution in [2.45, 2.75) is 13.0 Å². The third-order valence-corrected chi connectivity index (χ3v) is 2.66. The van der Waals surface area contributed by atoms with Crippen LogP contribution in [0.15, 0.2) is 36.5 Å². The molecule has 1 aromatic heterocycles. The molecule has 0 aliphatic rings. The molecule has 112 valence electrons. The van der Waals surface area contributed by atoms with Crippen LogP contribution >= 0.6 is 0 Å². The van der Waals surface area contributed by atoms with Gasteiger partial charge in [-0.15, -0.1) is 13.2 Å². The van der Waals surface area contributed by atoms with Crippen molar-refractivity contribution >= 4 is 0 Å². The summed E-state index contributed by atoms with van der Waals surface area (Å²) in [6.07, 6.45) is -3.33. The maximum atomic E-state index is 12.2. The highest BCUT2D eigenvalue weighted by Gasteiger charge is 2.31. The van der Waals surface area contributed by atoms with E-state index in [2.05, 4.69) is 9.72 Å². The zero-order chi connectivity index (χ0) is 15.5. The number of rotatable bonds is 4. The fourth-order valence-electron chi connectivity index (χ4n) is 1.81. The van der Waals surface area contributed by atoms with Gasteiger partial charge in [-0.2, -0.15) is 0 Å². The van der Waals surface area contributed by atoms with Gasteiger partial charge in [-0.3, -0.25) is 0 Å². The van der Waals surface area contributed by atoms with E-state index in [0.29, 0.717) is 16.7 Å². The van der Waals surface area contributed by atoms with Crippen molar-refractivity contribution in [3.8, 4) is 22.8 Å². The van der Waals surface area contributed by atoms with Crippen molar-refractivity contribution in [1.82, 2.24) is 4.98 Å². The third-order valence-electron chi connectivity index (χ3n) is 2.66. The molecule has 0 saturated carbocycles. The second-order valence-electron chi connectivity index (χ2n) is 4.13. The maximum Gasteiger partial charge on any atom is 0.573 e. The third kappa shape index (κ3) is 3.85. The van der Waals surface area contributed by atoms with E-state index in [4.69, 9.17) is 9.84 Å². The van der Waals surface area contributed by atoms with Crippen LogP contribution < -0.4 is 9.47 Å². The number of benzene rings is 1. The van der Waals surface area contributed by atoms with Crippen LogP contribution in [0.25, 0.3) is 11.1 Å². The van der Waals surface area contributed by atoms with E-state index < -0.39 is 6.36 Å². The first-order chi connectivity index (χ1) is 9.93. The molecule has 2 aromatic rings. The topological polar surface area (TPSA) is 51.6 Å². The van der Waals surface area contributed by atoms with E-state index in [9.17, 15) is 13.2 Å². The lowest BCUT2D eigenvalue weighted by atomic mass is 10.1. The lowest BCUT2D eigenvalue weighted by Crippen LogP contribution is -2.17. The van der Waals surface area contributed by atoms with Gasteiger partial charge in [-0.05, 0) is 29.3 Å². The number of ether oxygens (including phenoxy) is 2. The van der Waals surface area contributed by atoms with E-state index in [1.165, 1.54) is 31.5 Å². The van der Waals surface area contributed by atoms with Crippen molar-refractivity contribution in [1.29, 1.82) is 0 Å². The largest absolute Gasteiger partial charge is 0.573 e. The Balaban J connectivity index is 2.44. The standard InChI is InChI=1S/C14H12F3NO3/c1-20-13-12(5-9(8-19)7-18-13)10-3-2-4-11(6-10)21-14(15,16)17/h2-7,19H,8H2,1H3. The number of halogens is 3. The van der Waals surface area contributed by atoms with E-state index in [-0.39, 0.29) is 18.2 Å². The summed E-state index contributed by atoms with van der Waals surface area (Å²) in [4.78, 5) is 4.00. The van der Waals surface area contributed by atoms with E-state index in [1.54, 1.807) is 12.1 Å². The van der Waals surface area contributed by atoms with Crippen molar-refractivity contribution in [3.05, 3.63) is 42.1 Å². The summed E-state index contributed by atoms with van der Waals surface area (Å²) < 4.78 is 45.7. The zero-order valence-corrected chi connectivity index (χ0v) is 11.0. The number of pyridine rings is 1. The highest BCUT2D eigenvalue weighted by Crippen LogP contribution is 2.32. The molecule has 0 saturated heterocycles. The monoisotopic (exact) mass is 299 g/mol. The molecule has 2 rings (SSSR count). The molecule has 0 spiro atoms. The Bertz CT molecular complexity index is 629. The predicted molar refractivity (Wildman–Crippen MR) is 68.8 cm³/mol. The molecule has 21 heavy (non-hydrogen) atoms. The molecule has 0 unspecified atom stereocenters. The molecule has 1 aromatic carbocycles. The SMILES string of the molecule is COc1ncc(CO)cc1-c1cccc(OC(F)(F)F)c1. The number of hydrogen-bond donors (Lipinski definition) is 1. The normalized spacial score (nSPS) is 11.3. The molecule has 7 heteroatoms. The summed E-state index contributed by atoms with van der Waals surface area (Å²) >= 11 is 0. The Hall–Kier alpha value is -2.28. The molecule has 0 radical (unpaired) electrons. The molecular formula is C14H12F3NO3. The quantitative estimate of drug-likeness (QED) is 0.942. The van der Waals surface area contributed by atoms with Gasteiger partial charge in [0.15, 0.2) is 0 Å². The molecule has 1 heterocycles. The highest BCUT2D eigenvalue weighted by molar-refractivity contribution is 5.70. The average molecular weight is 299 g/mol. The van der Waals surface area contributed by atoms with E-state index in [0.717, 1.165) is 0 Å². The van der Waals surface area contributed by atoms with Gasteiger partial charge in [0.1, 0.15) is 5.75 Å². The van der Waals surface area contributed by atoms with Gasteiger partial charge in [0, 0.05) is 11.8 Å². The van der Waals surface area contributed by atoms with Gasteiger partial charge in [0.05, 0.1) is 13.7 Å². The summed E-state index contributed by atoms with van der Waals surface area (Å²) in [6.45, 7) is -0.233. The van der Waals surface area contributed by atoms with Crippen LogP contribution in [0.2, 0.25) is 0 Å². The molecule has 4 nitrogen and oxygen atoms in total. The molecule has 0 amide bonds. The molecule has 0 aliphatic heterocycles. The fraction of sp³-hybridized carbons (Fsp3) is 0.214. The van der Waals surface area contributed by atoms with E-state index in [1.807, 2.05) is 0 Å². The molecular weight excluding hydrogens is 287 g/mol. The number of aliphatic hydroxyl groups excluding tert-OH is 1. The van der Waals surface area contributed by atoms with Gasteiger partial charge in [0.2, 0.25) is 5.88 Å². The van der Waals surface area contributed by atoms with Gasteiger partial charge in [-0.1, -0.05) is 12.1 Å². The minimum Gasteiger partial charge on any atom is -0.481 e. The smallest absolute Gasteiger partial charge is 0.481 e. The van der Waals surface area contributed by atoms with Crippen molar-refractivity contribution in [3.63, 3.8) is 0 Å². The molecule has 0 fully saturated rings. The Labute approximate surface area is 118 Å². The summed E-state index contributed by atoms with van der Waals surface area (Å²) in [7, 11) is 1.40. The maximum absolute atomic E-state index is 12.2. The molecule has 0 aliphatic carbocycles. The van der Waals surface area contributed by atoms with Crippen molar-refractivity contribution in [2.24, 2.45) is 0 Å². The zero-order valence-electron chi connectivity index (χ0n) is 11.0. The Morgan fingerprint density at radius 2 is 2.00 bits per heavy atom. The summed E-state index contributed by atoms with van der Waals surface area (Å²) in [5, 5.41) is 9.13. The Kier molecular flexibility index (Phi) is 4.32. The van der Waals surface area contributed by atoms with Crippen molar-refractivity contribution < 1.29 is 27.8 Å². The second kappa shape index (κ2) is 6.01. The van der Waals surface area contributed by atoms with Crippen LogP contribution in [0, 0.1) is 0 Å². The van der Waals surface area contributed by atoms with Crippen LogP contribution in [0.3, 0.4) is 0 Å². The molecule has 1 N–H and O–H groups in total. The van der Waals surface area contributed by atoms with Gasteiger partial charge < -0.3 is 14.6 Å². The van der Waals surface area contributed by atoms with Gasteiger partial charge in [0.25, 0.3) is 0 Å². The first kappa shape index (κ1) is 15.1. The van der Waals surface area contributed by atoms with Crippen LogP contribution in [0.5, 0.6) is 11.6 Å². The van der Waals surface area contributed by atoms with Gasteiger partial charge in [-0.25, -0.2) is 4.98 Å². The van der Waals surface area contributed by atoms with Crippen LogP contribution in [-0.2, 0) is 6.61 Å². The first-order valence-corrected chi connectivity index (χ1v) is 5.93. The Morgan fingerprint density at radius 1 is 1.24 bits per heavy atom. The fourth-order valence-corrected chi connectivity index (χ4v) is 1.81. The summed E-state index contributed by atoms with van der Waals surface area (Å²) in [6, 6.07) is 7.06. The minimum absolute atomic E-state index is 0.233. The second-order valence-corrected chi connectivity index (χ2v) is 4.13. The number of alkyl halides is 3. The van der Waals surface area contributed by atoms with Crippen LogP contribution in [0.1, 0.15) is 5.56 Å². The lowest BCUT2D eigenvalue weighted by molar-refractivity contribution is -0.274. The summed E-state index contributed by atoms with van der Waals surface area (Å²) in [5.41, 5.74) is 1.43. The lowest BCUT2D eigenvalue weighted by Gasteiger charge is -2.12. The molecule has 0 atom stereocenters. The van der Waals surface area contributed by atoms with Crippen LogP contribution in [0.4, 0.5) is 13.2 Å². The van der Waals surface area contributed by atoms with Crippen LogP contribution in [-0.4, -0.2) is 23.6 Å². The van der Waals surface area contributed by atoms with Gasteiger partial charge >= 0.3 is 6.36 Å².